The van der Waals surface area contributed by atoms with Crippen LogP contribution >= 0.6 is 0 Å². The predicted octanol–water partition coefficient (Wildman–Crippen LogP) is 6.48. The molecule has 0 saturated heterocycles. The highest BCUT2D eigenvalue weighted by Gasteiger charge is 2.48. The smallest absolute Gasteiger partial charge is 0.312 e. The van der Waals surface area contributed by atoms with Crippen LogP contribution in [0.5, 0.6) is 0 Å². The molecule has 0 aromatic heterocycles. The van der Waals surface area contributed by atoms with Crippen molar-refractivity contribution in [2.45, 2.75) is 102 Å². The van der Waals surface area contributed by atoms with Crippen molar-refractivity contribution in [2.75, 3.05) is 0 Å². The first-order valence-electron chi connectivity index (χ1n) is 9.29. The number of carbonyl (C=O) groups excluding carboxylic acids is 1. The number of hydrogen-bond donors (Lipinski definition) is 0. The van der Waals surface area contributed by atoms with Crippen LogP contribution in [0.3, 0.4) is 0 Å². The molecule has 0 spiro atoms. The SMILES string of the molecule is CC(C)CC(CC(C)C)OC(=O)C(C)(CC(C)(C)C)C(C)(C)C. The van der Waals surface area contributed by atoms with Gasteiger partial charge in [0.1, 0.15) is 6.10 Å². The quantitative estimate of drug-likeness (QED) is 0.500. The van der Waals surface area contributed by atoms with Crippen molar-refractivity contribution in [3.05, 3.63) is 0 Å². The normalized spacial score (nSPS) is 16.1. The molecule has 0 saturated carbocycles. The van der Waals surface area contributed by atoms with Gasteiger partial charge in [0, 0.05) is 0 Å². The summed E-state index contributed by atoms with van der Waals surface area (Å²) in [5.74, 6) is 1.05. The van der Waals surface area contributed by atoms with Gasteiger partial charge in [-0.25, -0.2) is 0 Å². The second-order valence-electron chi connectivity index (χ2n) is 10.6. The van der Waals surface area contributed by atoms with E-state index in [1.165, 1.54) is 0 Å². The van der Waals surface area contributed by atoms with Crippen molar-refractivity contribution in [3.63, 3.8) is 0 Å². The monoisotopic (exact) mass is 326 g/mol. The van der Waals surface area contributed by atoms with E-state index in [1.54, 1.807) is 0 Å². The topological polar surface area (TPSA) is 26.3 Å². The molecule has 0 aromatic carbocycles. The van der Waals surface area contributed by atoms with E-state index < -0.39 is 5.41 Å². The molecule has 0 fully saturated rings. The van der Waals surface area contributed by atoms with Gasteiger partial charge >= 0.3 is 5.97 Å². The minimum Gasteiger partial charge on any atom is -0.462 e. The third kappa shape index (κ3) is 7.72. The average molecular weight is 327 g/mol. The number of carbonyl (C=O) groups is 1. The van der Waals surface area contributed by atoms with Gasteiger partial charge in [0.15, 0.2) is 0 Å². The summed E-state index contributed by atoms with van der Waals surface area (Å²) in [5.41, 5.74) is -0.512. The molecule has 0 aliphatic carbocycles. The van der Waals surface area contributed by atoms with Crippen molar-refractivity contribution in [3.8, 4) is 0 Å². The zero-order chi connectivity index (χ0) is 18.6. The first kappa shape index (κ1) is 22.5. The zero-order valence-electron chi connectivity index (χ0n) is 17.7. The lowest BCUT2D eigenvalue weighted by Gasteiger charge is -2.44. The molecule has 2 heteroatoms. The molecule has 1 unspecified atom stereocenters. The summed E-state index contributed by atoms with van der Waals surface area (Å²) in [6.07, 6.45) is 2.75. The maximum Gasteiger partial charge on any atom is 0.312 e. The fraction of sp³-hybridized carbons (Fsp3) is 0.952. The number of esters is 1. The second-order valence-corrected chi connectivity index (χ2v) is 10.6. The molecule has 2 nitrogen and oxygen atoms in total. The summed E-state index contributed by atoms with van der Waals surface area (Å²) in [5, 5.41) is 0. The minimum absolute atomic E-state index is 0.0220. The third-order valence-electron chi connectivity index (χ3n) is 4.73. The van der Waals surface area contributed by atoms with E-state index in [1.807, 2.05) is 0 Å². The Balaban J connectivity index is 5.35. The molecule has 1 atom stereocenters. The van der Waals surface area contributed by atoms with Crippen LogP contribution in [0.4, 0.5) is 0 Å². The molecule has 0 rings (SSSR count). The summed E-state index contributed by atoms with van der Waals surface area (Å²) >= 11 is 0. The molecular weight excluding hydrogens is 284 g/mol. The van der Waals surface area contributed by atoms with Crippen LogP contribution in [-0.4, -0.2) is 12.1 Å². The molecule has 0 bridgehead atoms. The molecule has 0 amide bonds. The Morgan fingerprint density at radius 2 is 1.22 bits per heavy atom. The zero-order valence-corrected chi connectivity index (χ0v) is 17.7. The Kier molecular flexibility index (Phi) is 7.85. The van der Waals surface area contributed by atoms with E-state index in [-0.39, 0.29) is 22.9 Å². The fourth-order valence-corrected chi connectivity index (χ4v) is 3.23. The Morgan fingerprint density at radius 3 is 1.48 bits per heavy atom. The van der Waals surface area contributed by atoms with Gasteiger partial charge in [-0.1, -0.05) is 69.2 Å². The molecular formula is C21H42O2. The number of rotatable bonds is 7. The maximum absolute atomic E-state index is 13.1. The average Bonchev–Trinajstić information content (AvgIpc) is 2.22. The van der Waals surface area contributed by atoms with Gasteiger partial charge in [0.05, 0.1) is 5.41 Å². The lowest BCUT2D eigenvalue weighted by atomic mass is 9.61. The van der Waals surface area contributed by atoms with Gasteiger partial charge in [-0.15, -0.1) is 0 Å². The predicted molar refractivity (Wildman–Crippen MR) is 100 cm³/mol. The van der Waals surface area contributed by atoms with Crippen molar-refractivity contribution in [1.82, 2.24) is 0 Å². The van der Waals surface area contributed by atoms with E-state index in [9.17, 15) is 4.79 Å². The molecule has 0 N–H and O–H groups in total. The number of hydrogen-bond acceptors (Lipinski definition) is 2. The molecule has 0 aromatic rings. The van der Waals surface area contributed by atoms with Crippen molar-refractivity contribution in [2.24, 2.45) is 28.1 Å². The first-order valence-corrected chi connectivity index (χ1v) is 9.29. The van der Waals surface area contributed by atoms with Gasteiger partial charge in [0.2, 0.25) is 0 Å². The Hall–Kier alpha value is -0.530. The number of ether oxygens (including phenoxy) is 1. The minimum atomic E-state index is -0.475. The Labute approximate surface area is 145 Å². The highest BCUT2D eigenvalue weighted by Crippen LogP contribution is 2.47. The van der Waals surface area contributed by atoms with Gasteiger partial charge in [-0.2, -0.15) is 0 Å². The summed E-state index contributed by atoms with van der Waals surface area (Å²) in [7, 11) is 0. The summed E-state index contributed by atoms with van der Waals surface area (Å²) in [6.45, 7) is 23.9. The van der Waals surface area contributed by atoms with E-state index in [0.717, 1.165) is 19.3 Å². The molecule has 0 aliphatic heterocycles. The van der Waals surface area contributed by atoms with Crippen LogP contribution in [-0.2, 0) is 9.53 Å². The van der Waals surface area contributed by atoms with Crippen LogP contribution < -0.4 is 0 Å². The molecule has 0 radical (unpaired) electrons. The lowest BCUT2D eigenvalue weighted by molar-refractivity contribution is -0.172. The standard InChI is InChI=1S/C21H42O2/c1-15(2)12-17(13-16(3)4)23-18(22)21(11,20(8,9)10)14-19(5,6)7/h15-17H,12-14H2,1-11H3. The Morgan fingerprint density at radius 1 is 0.826 bits per heavy atom. The maximum atomic E-state index is 13.1. The van der Waals surface area contributed by atoms with Crippen LogP contribution in [0.2, 0.25) is 0 Å². The van der Waals surface area contributed by atoms with E-state index in [2.05, 4.69) is 76.2 Å². The van der Waals surface area contributed by atoms with Crippen molar-refractivity contribution >= 4 is 5.97 Å². The van der Waals surface area contributed by atoms with E-state index >= 15 is 0 Å². The molecule has 0 heterocycles. The van der Waals surface area contributed by atoms with Crippen LogP contribution in [0.25, 0.3) is 0 Å². The van der Waals surface area contributed by atoms with E-state index in [0.29, 0.717) is 11.8 Å². The first-order chi connectivity index (χ1) is 10.1. The van der Waals surface area contributed by atoms with Crippen molar-refractivity contribution < 1.29 is 9.53 Å². The van der Waals surface area contributed by atoms with Crippen LogP contribution in [0, 0.1) is 28.1 Å². The summed E-state index contributed by atoms with van der Waals surface area (Å²) < 4.78 is 6.07. The van der Waals surface area contributed by atoms with Crippen molar-refractivity contribution in [1.29, 1.82) is 0 Å². The summed E-state index contributed by atoms with van der Waals surface area (Å²) in [4.78, 5) is 13.1. The summed E-state index contributed by atoms with van der Waals surface area (Å²) in [6, 6.07) is 0. The van der Waals surface area contributed by atoms with Gasteiger partial charge in [-0.05, 0) is 48.9 Å². The highest BCUT2D eigenvalue weighted by molar-refractivity contribution is 5.77. The Bertz CT molecular complexity index is 358. The van der Waals surface area contributed by atoms with Crippen LogP contribution in [0.15, 0.2) is 0 Å². The van der Waals surface area contributed by atoms with Gasteiger partial charge in [-0.3, -0.25) is 4.79 Å². The highest BCUT2D eigenvalue weighted by atomic mass is 16.5. The van der Waals surface area contributed by atoms with Gasteiger partial charge < -0.3 is 4.74 Å². The third-order valence-corrected chi connectivity index (χ3v) is 4.73. The fourth-order valence-electron chi connectivity index (χ4n) is 3.23. The molecule has 138 valence electrons. The lowest BCUT2D eigenvalue weighted by Crippen LogP contribution is -2.45. The molecule has 23 heavy (non-hydrogen) atoms. The molecule has 0 aliphatic rings. The van der Waals surface area contributed by atoms with Crippen LogP contribution in [0.1, 0.15) is 95.4 Å². The van der Waals surface area contributed by atoms with Gasteiger partial charge in [0.25, 0.3) is 0 Å². The second kappa shape index (κ2) is 8.03. The van der Waals surface area contributed by atoms with E-state index in [4.69, 9.17) is 4.74 Å². The largest absolute Gasteiger partial charge is 0.462 e.